The first-order valence-corrected chi connectivity index (χ1v) is 14.3. The first-order valence-electron chi connectivity index (χ1n) is 13.5. The normalized spacial score (nSPS) is 12.0. The molecule has 4 aromatic carbocycles. The third-order valence-corrected chi connectivity index (χ3v) is 7.11. The van der Waals surface area contributed by atoms with Crippen molar-refractivity contribution >= 4 is 39.6 Å². The van der Waals surface area contributed by atoms with Crippen molar-refractivity contribution in [3.8, 4) is 0 Å². The monoisotopic (exact) mass is 630 g/mol. The number of carbonyl (C=O) groups is 3. The summed E-state index contributed by atoms with van der Waals surface area (Å²) in [5, 5.41) is 7.63. The van der Waals surface area contributed by atoms with Gasteiger partial charge < -0.3 is 25.4 Å². The van der Waals surface area contributed by atoms with Gasteiger partial charge in [0.15, 0.2) is 6.54 Å². The molecule has 9 heteroatoms. The number of esters is 1. The number of nitrogens with two attached hydrogens (primary N) is 1. The summed E-state index contributed by atoms with van der Waals surface area (Å²) in [6.45, 7) is 0.166. The van der Waals surface area contributed by atoms with Crippen LogP contribution < -0.4 is 16.0 Å². The van der Waals surface area contributed by atoms with E-state index >= 15 is 0 Å². The van der Waals surface area contributed by atoms with Gasteiger partial charge in [-0.05, 0) is 29.3 Å². The van der Waals surface area contributed by atoms with Gasteiger partial charge in [0, 0.05) is 22.0 Å². The zero-order chi connectivity index (χ0) is 29.7. The lowest BCUT2D eigenvalue weighted by Crippen LogP contribution is -2.87. The Morgan fingerprint density at radius 2 is 1.45 bits per heavy atom. The lowest BCUT2D eigenvalue weighted by atomic mass is 9.96. The third-order valence-electron chi connectivity index (χ3n) is 6.62. The van der Waals surface area contributed by atoms with Crippen LogP contribution in [0.15, 0.2) is 114 Å². The Hall–Kier alpha value is -4.47. The van der Waals surface area contributed by atoms with Gasteiger partial charge in [-0.25, -0.2) is 9.59 Å². The minimum atomic E-state index is -0.915. The number of hydrogen-bond donors (Lipinski definition) is 3. The summed E-state index contributed by atoms with van der Waals surface area (Å²) in [5.74, 6) is -0.767. The average Bonchev–Trinajstić information content (AvgIpc) is 3.02. The predicted molar refractivity (Wildman–Crippen MR) is 164 cm³/mol. The highest BCUT2D eigenvalue weighted by Gasteiger charge is 2.27. The van der Waals surface area contributed by atoms with Gasteiger partial charge in [-0.1, -0.05) is 107 Å². The van der Waals surface area contributed by atoms with Crippen molar-refractivity contribution in [2.75, 3.05) is 19.0 Å². The van der Waals surface area contributed by atoms with Crippen molar-refractivity contribution in [3.63, 3.8) is 0 Å². The predicted octanol–water partition coefficient (Wildman–Crippen LogP) is 4.75. The molecule has 4 rings (SSSR count). The van der Waals surface area contributed by atoms with E-state index in [0.29, 0.717) is 5.69 Å². The van der Waals surface area contributed by atoms with Crippen LogP contribution in [-0.4, -0.2) is 37.7 Å². The topological polar surface area (TPSA) is 110 Å². The molecule has 0 saturated heterocycles. The number of ether oxygens (including phenoxy) is 2. The summed E-state index contributed by atoms with van der Waals surface area (Å²) in [6, 6.07) is 32.8. The number of alkyl carbamates (subject to hydrolysis) is 1. The highest BCUT2D eigenvalue weighted by atomic mass is 79.9. The Kier molecular flexibility index (Phi) is 11.3. The average molecular weight is 632 g/mol. The summed E-state index contributed by atoms with van der Waals surface area (Å²) in [5.41, 5.74) is 3.99. The smallest absolute Gasteiger partial charge is 0.408 e. The molecular weight excluding hydrogens is 598 g/mol. The zero-order valence-corrected chi connectivity index (χ0v) is 24.8. The second kappa shape index (κ2) is 15.5. The fourth-order valence-corrected chi connectivity index (χ4v) is 4.87. The zero-order valence-electron chi connectivity index (χ0n) is 23.2. The molecule has 0 spiro atoms. The number of rotatable bonds is 12. The first-order chi connectivity index (χ1) is 20.4. The number of methoxy groups -OCH3 is 1. The molecule has 0 bridgehead atoms. The number of amides is 2. The van der Waals surface area contributed by atoms with E-state index in [2.05, 4.69) is 26.6 Å². The molecule has 42 heavy (non-hydrogen) atoms. The number of benzene rings is 4. The molecule has 8 nitrogen and oxygen atoms in total. The fourth-order valence-electron chi connectivity index (χ4n) is 4.49. The van der Waals surface area contributed by atoms with Crippen molar-refractivity contribution in [3.05, 3.63) is 136 Å². The maximum atomic E-state index is 13.8. The molecule has 0 aliphatic heterocycles. The van der Waals surface area contributed by atoms with Crippen LogP contribution >= 0.6 is 15.9 Å². The number of hydrogen-bond acceptors (Lipinski definition) is 5. The van der Waals surface area contributed by atoms with E-state index in [-0.39, 0.29) is 31.6 Å². The molecule has 2 amide bonds. The second-order valence-corrected chi connectivity index (χ2v) is 10.5. The number of carbonyl (C=O) groups excluding carboxylic acids is 3. The summed E-state index contributed by atoms with van der Waals surface area (Å²) in [7, 11) is 1.35. The molecule has 0 aliphatic rings. The van der Waals surface area contributed by atoms with Crippen LogP contribution in [0.1, 0.15) is 28.3 Å². The number of halogens is 1. The Balaban J connectivity index is 1.58. The van der Waals surface area contributed by atoms with Crippen LogP contribution in [0.3, 0.4) is 0 Å². The number of nitrogens with one attached hydrogen (secondary N) is 2. The van der Waals surface area contributed by atoms with Crippen LogP contribution in [0.5, 0.6) is 0 Å². The molecule has 0 unspecified atom stereocenters. The van der Waals surface area contributed by atoms with Gasteiger partial charge in [-0.2, -0.15) is 0 Å². The molecule has 0 aromatic heterocycles. The van der Waals surface area contributed by atoms with Crippen LogP contribution in [0, 0.1) is 0 Å². The van der Waals surface area contributed by atoms with E-state index < -0.39 is 18.0 Å². The van der Waals surface area contributed by atoms with Gasteiger partial charge in [0.2, 0.25) is 5.91 Å². The van der Waals surface area contributed by atoms with Crippen molar-refractivity contribution in [1.29, 1.82) is 0 Å². The SMILES string of the molecule is COC(=O)C[NH2+][C@@H](c1ccccc1)c1cc(Br)ccc1NC(=O)[C@H](Cc1ccccc1)NC(=O)OCc1ccccc1. The molecule has 0 heterocycles. The lowest BCUT2D eigenvalue weighted by Gasteiger charge is -2.22. The Bertz CT molecular complexity index is 1470. The molecule has 0 aliphatic carbocycles. The first kappa shape index (κ1) is 30.5. The van der Waals surface area contributed by atoms with Gasteiger partial charge in [0.1, 0.15) is 18.7 Å². The maximum absolute atomic E-state index is 13.8. The van der Waals surface area contributed by atoms with E-state index in [4.69, 9.17) is 9.47 Å². The maximum Gasteiger partial charge on any atom is 0.408 e. The molecule has 0 saturated carbocycles. The Labute approximate surface area is 253 Å². The quantitative estimate of drug-likeness (QED) is 0.196. The Morgan fingerprint density at radius 3 is 2.10 bits per heavy atom. The van der Waals surface area contributed by atoms with Crippen molar-refractivity contribution < 1.29 is 29.2 Å². The largest absolute Gasteiger partial charge is 0.465 e. The van der Waals surface area contributed by atoms with E-state index in [1.807, 2.05) is 108 Å². The molecule has 216 valence electrons. The highest BCUT2D eigenvalue weighted by molar-refractivity contribution is 9.10. The van der Waals surface area contributed by atoms with E-state index in [1.165, 1.54) is 7.11 Å². The summed E-state index contributed by atoms with van der Waals surface area (Å²) >= 11 is 3.55. The lowest BCUT2D eigenvalue weighted by molar-refractivity contribution is -0.677. The van der Waals surface area contributed by atoms with E-state index in [0.717, 1.165) is 26.7 Å². The van der Waals surface area contributed by atoms with Gasteiger partial charge in [0.05, 0.1) is 12.8 Å². The van der Waals surface area contributed by atoms with Crippen LogP contribution in [0.2, 0.25) is 0 Å². The number of anilines is 1. The molecule has 0 fully saturated rings. The van der Waals surface area contributed by atoms with E-state index in [9.17, 15) is 14.4 Å². The second-order valence-electron chi connectivity index (χ2n) is 9.57. The summed E-state index contributed by atoms with van der Waals surface area (Å²) in [6.07, 6.45) is -0.435. The standard InChI is InChI=1S/C33H32BrN3O5/c1-41-30(38)21-35-31(25-15-9-4-10-16-25)27-20-26(34)17-18-28(27)36-32(39)29(19-23-11-5-2-6-12-23)37-33(40)42-22-24-13-7-3-8-14-24/h2-18,20,29,31,35H,19,21-22H2,1H3,(H,36,39)(H,37,40)/p+1/t29-,31-/m0/s1. The van der Waals surface area contributed by atoms with E-state index in [1.54, 1.807) is 6.07 Å². The van der Waals surface area contributed by atoms with Gasteiger partial charge >= 0.3 is 12.1 Å². The highest BCUT2D eigenvalue weighted by Crippen LogP contribution is 2.29. The van der Waals surface area contributed by atoms with Crippen LogP contribution in [-0.2, 0) is 32.1 Å². The number of quaternary nitrogens is 1. The molecule has 4 aromatic rings. The van der Waals surface area contributed by atoms with Gasteiger partial charge in [0.25, 0.3) is 0 Å². The molecular formula is C33H33BrN3O5+. The van der Waals surface area contributed by atoms with Crippen molar-refractivity contribution in [2.24, 2.45) is 0 Å². The molecule has 4 N–H and O–H groups in total. The molecule has 0 radical (unpaired) electrons. The molecule has 2 atom stereocenters. The third kappa shape index (κ3) is 9.02. The minimum absolute atomic E-state index is 0.0813. The van der Waals surface area contributed by atoms with Crippen LogP contribution in [0.4, 0.5) is 10.5 Å². The fraction of sp³-hybridized carbons (Fsp3) is 0.182. The summed E-state index contributed by atoms with van der Waals surface area (Å²) in [4.78, 5) is 38.6. The van der Waals surface area contributed by atoms with Gasteiger partial charge in [-0.15, -0.1) is 0 Å². The Morgan fingerprint density at radius 1 is 0.833 bits per heavy atom. The van der Waals surface area contributed by atoms with Crippen molar-refractivity contribution in [2.45, 2.75) is 25.1 Å². The van der Waals surface area contributed by atoms with Gasteiger partial charge in [-0.3, -0.25) is 4.79 Å². The summed E-state index contributed by atoms with van der Waals surface area (Å²) < 4.78 is 11.1. The van der Waals surface area contributed by atoms with Crippen molar-refractivity contribution in [1.82, 2.24) is 5.32 Å². The van der Waals surface area contributed by atoms with Crippen LogP contribution in [0.25, 0.3) is 0 Å². The minimum Gasteiger partial charge on any atom is -0.465 e.